The second-order valence-corrected chi connectivity index (χ2v) is 5.54. The molecule has 0 aromatic heterocycles. The summed E-state index contributed by atoms with van der Waals surface area (Å²) in [6.07, 6.45) is 6.26. The molecule has 1 aliphatic carbocycles. The van der Waals surface area contributed by atoms with Gasteiger partial charge in [0, 0.05) is 16.1 Å². The summed E-state index contributed by atoms with van der Waals surface area (Å²) in [5.41, 5.74) is 7.13. The Morgan fingerprint density at radius 3 is 2.47 bits per heavy atom. The molecule has 3 N–H and O–H groups in total. The summed E-state index contributed by atoms with van der Waals surface area (Å²) in [6, 6.07) is 5.57. The van der Waals surface area contributed by atoms with Gasteiger partial charge in [-0.15, -0.1) is 12.4 Å². The molecule has 0 unspecified atom stereocenters. The van der Waals surface area contributed by atoms with Gasteiger partial charge in [-0.05, 0) is 30.9 Å². The van der Waals surface area contributed by atoms with Crippen LogP contribution in [0.15, 0.2) is 22.7 Å². The molecule has 0 heterocycles. The Morgan fingerprint density at radius 2 is 1.88 bits per heavy atom. The van der Waals surface area contributed by atoms with Gasteiger partial charge in [0.1, 0.15) is 5.75 Å². The van der Waals surface area contributed by atoms with Crippen molar-refractivity contribution in [1.82, 2.24) is 0 Å². The Kier molecular flexibility index (Phi) is 5.77. The number of halogens is 2. The normalized spacial score (nSPS) is 18.5. The molecule has 0 saturated heterocycles. The van der Waals surface area contributed by atoms with Crippen LogP contribution in [0.3, 0.4) is 0 Å². The van der Waals surface area contributed by atoms with Gasteiger partial charge in [-0.1, -0.05) is 41.3 Å². The molecular formula is C13H19BrClNO. The van der Waals surface area contributed by atoms with Crippen molar-refractivity contribution in [3.63, 3.8) is 0 Å². The highest BCUT2D eigenvalue weighted by molar-refractivity contribution is 9.10. The van der Waals surface area contributed by atoms with Gasteiger partial charge < -0.3 is 10.8 Å². The van der Waals surface area contributed by atoms with Crippen molar-refractivity contribution in [2.24, 2.45) is 11.7 Å². The molecule has 1 aliphatic rings. The minimum atomic E-state index is -0.0200. The average Bonchev–Trinajstić information content (AvgIpc) is 2.29. The number of hydrogen-bond acceptors (Lipinski definition) is 2. The predicted octanol–water partition coefficient (Wildman–Crippen LogP) is 4.16. The van der Waals surface area contributed by atoms with Crippen LogP contribution in [-0.4, -0.2) is 5.11 Å². The maximum Gasteiger partial charge on any atom is 0.121 e. The molecule has 0 bridgehead atoms. The lowest BCUT2D eigenvalue weighted by Crippen LogP contribution is -2.23. The molecule has 1 aromatic rings. The van der Waals surface area contributed by atoms with Crippen LogP contribution >= 0.6 is 28.3 Å². The van der Waals surface area contributed by atoms with Gasteiger partial charge in [0.25, 0.3) is 0 Å². The molecule has 1 atom stereocenters. The van der Waals surface area contributed by atoms with Crippen molar-refractivity contribution in [3.05, 3.63) is 28.2 Å². The summed E-state index contributed by atoms with van der Waals surface area (Å²) < 4.78 is 0.893. The van der Waals surface area contributed by atoms with E-state index in [2.05, 4.69) is 15.9 Å². The Balaban J connectivity index is 0.00000144. The molecule has 2 nitrogen and oxygen atoms in total. The lowest BCUT2D eigenvalue weighted by Gasteiger charge is -2.28. The van der Waals surface area contributed by atoms with Gasteiger partial charge in [-0.25, -0.2) is 0 Å². The van der Waals surface area contributed by atoms with E-state index >= 15 is 0 Å². The Morgan fingerprint density at radius 1 is 1.24 bits per heavy atom. The van der Waals surface area contributed by atoms with E-state index in [-0.39, 0.29) is 18.4 Å². The van der Waals surface area contributed by atoms with E-state index in [0.29, 0.717) is 11.7 Å². The summed E-state index contributed by atoms with van der Waals surface area (Å²) in [5, 5.41) is 9.88. The SMILES string of the molecule is Cl.N[C@@H](c1ccc(Br)cc1O)C1CCCCC1. The quantitative estimate of drug-likeness (QED) is 0.859. The molecule has 17 heavy (non-hydrogen) atoms. The average molecular weight is 321 g/mol. The van der Waals surface area contributed by atoms with Gasteiger partial charge in [0.15, 0.2) is 0 Å². The predicted molar refractivity (Wildman–Crippen MR) is 76.6 cm³/mol. The summed E-state index contributed by atoms with van der Waals surface area (Å²) in [6.45, 7) is 0. The van der Waals surface area contributed by atoms with E-state index < -0.39 is 0 Å². The molecule has 1 aromatic carbocycles. The van der Waals surface area contributed by atoms with Crippen LogP contribution in [0.1, 0.15) is 43.7 Å². The van der Waals surface area contributed by atoms with Gasteiger partial charge >= 0.3 is 0 Å². The first-order valence-corrected chi connectivity index (χ1v) is 6.72. The fourth-order valence-electron chi connectivity index (χ4n) is 2.55. The van der Waals surface area contributed by atoms with Crippen LogP contribution in [0.4, 0.5) is 0 Å². The summed E-state index contributed by atoms with van der Waals surface area (Å²) >= 11 is 3.34. The third kappa shape index (κ3) is 3.60. The number of aromatic hydroxyl groups is 1. The molecule has 0 aliphatic heterocycles. The minimum Gasteiger partial charge on any atom is -0.508 e. The molecule has 0 radical (unpaired) electrons. The highest BCUT2D eigenvalue weighted by Crippen LogP contribution is 2.36. The monoisotopic (exact) mass is 319 g/mol. The van der Waals surface area contributed by atoms with E-state index in [1.807, 2.05) is 12.1 Å². The summed E-state index contributed by atoms with van der Waals surface area (Å²) in [7, 11) is 0. The van der Waals surface area contributed by atoms with E-state index in [0.717, 1.165) is 10.0 Å². The number of phenolic OH excluding ortho intramolecular Hbond substituents is 1. The zero-order chi connectivity index (χ0) is 11.5. The smallest absolute Gasteiger partial charge is 0.121 e. The molecule has 0 spiro atoms. The number of rotatable bonds is 2. The molecule has 96 valence electrons. The standard InChI is InChI=1S/C13H18BrNO.ClH/c14-10-6-7-11(12(16)8-10)13(15)9-4-2-1-3-5-9;/h6-9,13,16H,1-5,15H2;1H/t13-;/m1./s1. The Bertz CT molecular complexity index is 366. The summed E-state index contributed by atoms with van der Waals surface area (Å²) in [4.78, 5) is 0. The molecule has 1 saturated carbocycles. The van der Waals surface area contributed by atoms with Gasteiger partial charge in [-0.2, -0.15) is 0 Å². The first-order valence-electron chi connectivity index (χ1n) is 5.92. The second-order valence-electron chi connectivity index (χ2n) is 4.63. The van der Waals surface area contributed by atoms with Crippen LogP contribution in [0.5, 0.6) is 5.75 Å². The minimum absolute atomic E-state index is 0. The van der Waals surface area contributed by atoms with Crippen molar-refractivity contribution in [2.75, 3.05) is 0 Å². The number of nitrogens with two attached hydrogens (primary N) is 1. The van der Waals surface area contributed by atoms with Crippen LogP contribution in [0, 0.1) is 5.92 Å². The number of phenols is 1. The molecular weight excluding hydrogens is 302 g/mol. The maximum absolute atomic E-state index is 9.88. The lowest BCUT2D eigenvalue weighted by atomic mass is 9.81. The fraction of sp³-hybridized carbons (Fsp3) is 0.538. The lowest BCUT2D eigenvalue weighted by molar-refractivity contribution is 0.303. The van der Waals surface area contributed by atoms with Crippen molar-refractivity contribution in [1.29, 1.82) is 0 Å². The Hall–Kier alpha value is -0.250. The molecule has 0 amide bonds. The van der Waals surface area contributed by atoms with Crippen LogP contribution in [0.25, 0.3) is 0 Å². The third-order valence-corrected chi connectivity index (χ3v) is 4.00. The van der Waals surface area contributed by atoms with Crippen molar-refractivity contribution in [3.8, 4) is 5.75 Å². The number of hydrogen-bond donors (Lipinski definition) is 2. The van der Waals surface area contributed by atoms with E-state index in [1.54, 1.807) is 6.07 Å². The molecule has 4 heteroatoms. The van der Waals surface area contributed by atoms with Gasteiger partial charge in [0.2, 0.25) is 0 Å². The topological polar surface area (TPSA) is 46.2 Å². The maximum atomic E-state index is 9.88. The van der Waals surface area contributed by atoms with Gasteiger partial charge in [-0.3, -0.25) is 0 Å². The fourth-order valence-corrected chi connectivity index (χ4v) is 2.89. The highest BCUT2D eigenvalue weighted by Gasteiger charge is 2.23. The highest BCUT2D eigenvalue weighted by atomic mass is 79.9. The van der Waals surface area contributed by atoms with E-state index in [1.165, 1.54) is 32.1 Å². The number of benzene rings is 1. The van der Waals surface area contributed by atoms with Crippen LogP contribution < -0.4 is 5.73 Å². The zero-order valence-corrected chi connectivity index (χ0v) is 12.1. The molecule has 2 rings (SSSR count). The Labute approximate surface area is 117 Å². The van der Waals surface area contributed by atoms with E-state index in [9.17, 15) is 5.11 Å². The zero-order valence-electron chi connectivity index (χ0n) is 9.73. The van der Waals surface area contributed by atoms with Crippen molar-refractivity contribution in [2.45, 2.75) is 38.1 Å². The first-order chi connectivity index (χ1) is 7.68. The first kappa shape index (κ1) is 14.8. The van der Waals surface area contributed by atoms with E-state index in [4.69, 9.17) is 5.73 Å². The summed E-state index contributed by atoms with van der Waals surface area (Å²) in [5.74, 6) is 0.841. The van der Waals surface area contributed by atoms with Crippen molar-refractivity contribution < 1.29 is 5.11 Å². The van der Waals surface area contributed by atoms with Crippen LogP contribution in [0.2, 0.25) is 0 Å². The second kappa shape index (κ2) is 6.62. The van der Waals surface area contributed by atoms with Gasteiger partial charge in [0.05, 0.1) is 0 Å². The largest absolute Gasteiger partial charge is 0.508 e. The molecule has 1 fully saturated rings. The van der Waals surface area contributed by atoms with Crippen LogP contribution in [-0.2, 0) is 0 Å². The van der Waals surface area contributed by atoms with Crippen molar-refractivity contribution >= 4 is 28.3 Å². The third-order valence-electron chi connectivity index (χ3n) is 3.51.